The molecular formula is C16H10I2O2S. The van der Waals surface area contributed by atoms with Crippen molar-refractivity contribution in [1.29, 1.82) is 0 Å². The minimum absolute atomic E-state index is 0.0894. The van der Waals surface area contributed by atoms with Gasteiger partial charge in [-0.25, -0.2) is 0 Å². The maximum atomic E-state index is 12.4. The first-order chi connectivity index (χ1) is 10.1. The Morgan fingerprint density at radius 2 is 1.95 bits per heavy atom. The van der Waals surface area contributed by atoms with Gasteiger partial charge in [0.2, 0.25) is 5.78 Å². The summed E-state index contributed by atoms with van der Waals surface area (Å²) >= 11 is 6.05. The van der Waals surface area contributed by atoms with Crippen LogP contribution in [-0.4, -0.2) is 12.9 Å². The van der Waals surface area contributed by atoms with E-state index < -0.39 is 0 Å². The molecule has 106 valence electrons. The topological polar surface area (TPSA) is 26.3 Å². The average molecular weight is 520 g/mol. The van der Waals surface area contributed by atoms with Gasteiger partial charge in [-0.05, 0) is 75.5 Å². The molecule has 1 heterocycles. The second-order valence-electron chi connectivity index (χ2n) is 4.45. The number of ether oxygens (including phenoxy) is 1. The second-order valence-corrected chi connectivity index (χ2v) is 7.94. The van der Waals surface area contributed by atoms with E-state index in [1.165, 1.54) is 11.8 Å². The van der Waals surface area contributed by atoms with Crippen LogP contribution in [0, 0.1) is 7.14 Å². The van der Waals surface area contributed by atoms with Gasteiger partial charge in [-0.1, -0.05) is 23.9 Å². The third-order valence-corrected chi connectivity index (χ3v) is 5.63. The Morgan fingerprint density at radius 3 is 2.67 bits per heavy atom. The fourth-order valence-electron chi connectivity index (χ4n) is 2.18. The van der Waals surface area contributed by atoms with Crippen LogP contribution >= 0.6 is 56.9 Å². The van der Waals surface area contributed by atoms with Gasteiger partial charge in [-0.15, -0.1) is 0 Å². The lowest BCUT2D eigenvalue weighted by atomic mass is 10.1. The molecule has 0 amide bonds. The molecule has 0 saturated carbocycles. The zero-order chi connectivity index (χ0) is 15.0. The molecule has 2 aromatic rings. The zero-order valence-corrected chi connectivity index (χ0v) is 16.2. The number of allylic oxidation sites excluding steroid dienone is 1. The summed E-state index contributed by atoms with van der Waals surface area (Å²) in [5, 5.41) is 0. The number of Topliss-reactive ketones (excluding diaryl/α,β-unsaturated/α-hetero) is 1. The van der Waals surface area contributed by atoms with Gasteiger partial charge in [0.1, 0.15) is 5.75 Å². The van der Waals surface area contributed by atoms with Crippen molar-refractivity contribution in [3.05, 3.63) is 59.6 Å². The SMILES string of the molecule is COc1c(I)cc(I)cc1/C=C1\Sc2ccccc2C1=O. The standard InChI is InChI=1S/C16H10I2O2S/c1-20-16-9(6-10(17)8-12(16)18)7-14-15(19)11-4-2-3-5-13(11)21-14/h2-8H,1H3/b14-7-. The van der Waals surface area contributed by atoms with Crippen molar-refractivity contribution >= 4 is 68.8 Å². The molecule has 0 saturated heterocycles. The highest BCUT2D eigenvalue weighted by molar-refractivity contribution is 14.1. The van der Waals surface area contributed by atoms with Crippen LogP contribution in [0.1, 0.15) is 15.9 Å². The number of fused-ring (bicyclic) bond motifs is 1. The van der Waals surface area contributed by atoms with Crippen molar-refractivity contribution < 1.29 is 9.53 Å². The lowest BCUT2D eigenvalue weighted by Gasteiger charge is -2.09. The Labute approximate surface area is 154 Å². The fourth-order valence-corrected chi connectivity index (χ4v) is 5.33. The average Bonchev–Trinajstić information content (AvgIpc) is 2.76. The lowest BCUT2D eigenvalue weighted by Crippen LogP contribution is -1.96. The van der Waals surface area contributed by atoms with Crippen molar-refractivity contribution in [2.45, 2.75) is 4.90 Å². The summed E-state index contributed by atoms with van der Waals surface area (Å²) in [7, 11) is 1.66. The summed E-state index contributed by atoms with van der Waals surface area (Å²) in [6, 6.07) is 11.8. The summed E-state index contributed by atoms with van der Waals surface area (Å²) < 4.78 is 7.64. The van der Waals surface area contributed by atoms with Crippen LogP contribution in [-0.2, 0) is 0 Å². The van der Waals surface area contributed by atoms with Crippen LogP contribution in [0.4, 0.5) is 0 Å². The van der Waals surface area contributed by atoms with Crippen LogP contribution in [0.3, 0.4) is 0 Å². The quantitative estimate of drug-likeness (QED) is 0.401. The Bertz CT molecular complexity index is 769. The highest BCUT2D eigenvalue weighted by Crippen LogP contribution is 2.42. The maximum Gasteiger partial charge on any atom is 0.200 e. The van der Waals surface area contributed by atoms with Gasteiger partial charge in [-0.3, -0.25) is 4.79 Å². The molecule has 0 atom stereocenters. The van der Waals surface area contributed by atoms with Crippen molar-refractivity contribution in [1.82, 2.24) is 0 Å². The molecule has 21 heavy (non-hydrogen) atoms. The number of rotatable bonds is 2. The van der Waals surface area contributed by atoms with Gasteiger partial charge in [-0.2, -0.15) is 0 Å². The van der Waals surface area contributed by atoms with Crippen molar-refractivity contribution in [2.24, 2.45) is 0 Å². The molecular weight excluding hydrogens is 510 g/mol. The minimum Gasteiger partial charge on any atom is -0.495 e. The zero-order valence-electron chi connectivity index (χ0n) is 11.0. The van der Waals surface area contributed by atoms with Crippen molar-refractivity contribution in [3.63, 3.8) is 0 Å². The van der Waals surface area contributed by atoms with Crippen molar-refractivity contribution in [2.75, 3.05) is 7.11 Å². The smallest absolute Gasteiger partial charge is 0.200 e. The van der Waals surface area contributed by atoms with E-state index in [-0.39, 0.29) is 5.78 Å². The monoisotopic (exact) mass is 520 g/mol. The van der Waals surface area contributed by atoms with E-state index in [2.05, 4.69) is 51.2 Å². The summed E-state index contributed by atoms with van der Waals surface area (Å²) in [5.74, 6) is 0.902. The normalized spacial score (nSPS) is 15.4. The summed E-state index contributed by atoms with van der Waals surface area (Å²) in [6.45, 7) is 0. The van der Waals surface area contributed by atoms with E-state index in [0.29, 0.717) is 0 Å². The molecule has 0 N–H and O–H groups in total. The van der Waals surface area contributed by atoms with E-state index >= 15 is 0 Å². The molecule has 2 aromatic carbocycles. The van der Waals surface area contributed by atoms with Crippen LogP contribution in [0.25, 0.3) is 6.08 Å². The van der Waals surface area contributed by atoms with Crippen LogP contribution in [0.2, 0.25) is 0 Å². The summed E-state index contributed by atoms with van der Waals surface area (Å²) in [5.41, 5.74) is 1.73. The minimum atomic E-state index is 0.0894. The molecule has 1 aliphatic rings. The first kappa shape index (κ1) is 15.4. The number of halogens is 2. The predicted octanol–water partition coefficient (Wildman–Crippen LogP) is 5.23. The Morgan fingerprint density at radius 1 is 1.19 bits per heavy atom. The first-order valence-corrected chi connectivity index (χ1v) is 9.14. The second kappa shape index (κ2) is 6.29. The number of ketones is 1. The van der Waals surface area contributed by atoms with E-state index in [1.807, 2.05) is 36.4 Å². The van der Waals surface area contributed by atoms with Gasteiger partial charge in [0.15, 0.2) is 0 Å². The Hall–Kier alpha value is -0.540. The molecule has 5 heteroatoms. The van der Waals surface area contributed by atoms with Crippen LogP contribution < -0.4 is 4.74 Å². The van der Waals surface area contributed by atoms with E-state index in [4.69, 9.17) is 4.74 Å². The largest absolute Gasteiger partial charge is 0.495 e. The van der Waals surface area contributed by atoms with Gasteiger partial charge in [0.05, 0.1) is 15.6 Å². The van der Waals surface area contributed by atoms with Crippen LogP contribution in [0.5, 0.6) is 5.75 Å². The molecule has 3 rings (SSSR count). The Kier molecular flexibility index (Phi) is 4.60. The van der Waals surface area contributed by atoms with Gasteiger partial charge in [0.25, 0.3) is 0 Å². The lowest BCUT2D eigenvalue weighted by molar-refractivity contribution is 0.104. The molecule has 1 aliphatic heterocycles. The summed E-state index contributed by atoms with van der Waals surface area (Å²) in [6.07, 6.45) is 1.93. The number of hydrogen-bond donors (Lipinski definition) is 0. The van der Waals surface area contributed by atoms with Crippen molar-refractivity contribution in [3.8, 4) is 5.75 Å². The number of benzene rings is 2. The van der Waals surface area contributed by atoms with Gasteiger partial charge < -0.3 is 4.74 Å². The summed E-state index contributed by atoms with van der Waals surface area (Å²) in [4.78, 5) is 14.2. The molecule has 0 fully saturated rings. The number of thioether (sulfide) groups is 1. The molecule has 0 unspecified atom stereocenters. The van der Waals surface area contributed by atoms with E-state index in [0.717, 1.165) is 33.8 Å². The van der Waals surface area contributed by atoms with E-state index in [9.17, 15) is 4.79 Å². The molecule has 0 aliphatic carbocycles. The molecule has 0 bridgehead atoms. The molecule has 0 radical (unpaired) electrons. The number of hydrogen-bond acceptors (Lipinski definition) is 3. The number of methoxy groups -OCH3 is 1. The van der Waals surface area contributed by atoms with Gasteiger partial charge >= 0.3 is 0 Å². The first-order valence-electron chi connectivity index (χ1n) is 6.16. The third-order valence-electron chi connectivity index (χ3n) is 3.10. The number of carbonyl (C=O) groups is 1. The molecule has 0 spiro atoms. The maximum absolute atomic E-state index is 12.4. The number of carbonyl (C=O) groups excluding carboxylic acids is 1. The molecule has 0 aromatic heterocycles. The third kappa shape index (κ3) is 3.00. The highest BCUT2D eigenvalue weighted by Gasteiger charge is 2.25. The molecule has 2 nitrogen and oxygen atoms in total. The van der Waals surface area contributed by atoms with Gasteiger partial charge in [0, 0.05) is 19.6 Å². The fraction of sp³-hybridized carbons (Fsp3) is 0.0625. The predicted molar refractivity (Wildman–Crippen MR) is 103 cm³/mol. The highest BCUT2D eigenvalue weighted by atomic mass is 127. The van der Waals surface area contributed by atoms with E-state index in [1.54, 1.807) is 7.11 Å². The van der Waals surface area contributed by atoms with Crippen LogP contribution in [0.15, 0.2) is 46.2 Å². The Balaban J connectivity index is 2.07.